The van der Waals surface area contributed by atoms with Crippen molar-refractivity contribution in [2.75, 3.05) is 6.54 Å². The van der Waals surface area contributed by atoms with Crippen molar-refractivity contribution in [2.24, 2.45) is 5.92 Å². The first-order valence-electron chi connectivity index (χ1n) is 7.52. The molecule has 0 radical (unpaired) electrons. The molecule has 3 heteroatoms. The molecule has 1 aromatic rings. The van der Waals surface area contributed by atoms with Gasteiger partial charge in [0, 0.05) is 12.1 Å². The minimum absolute atomic E-state index is 0.298. The molecule has 0 atom stereocenters. The summed E-state index contributed by atoms with van der Waals surface area (Å²) in [5.41, 5.74) is 1.00. The lowest BCUT2D eigenvalue weighted by molar-refractivity contribution is 0.510. The third kappa shape index (κ3) is 6.68. The van der Waals surface area contributed by atoms with Crippen LogP contribution < -0.4 is 5.32 Å². The second-order valence-electron chi connectivity index (χ2n) is 5.69. The molecule has 1 rings (SSSR count). The second kappa shape index (κ2) is 9.50. The summed E-state index contributed by atoms with van der Waals surface area (Å²) in [6.45, 7) is 5.96. The lowest BCUT2D eigenvalue weighted by Crippen LogP contribution is -2.15. The van der Waals surface area contributed by atoms with Gasteiger partial charge in [0.1, 0.15) is 5.82 Å². The lowest BCUT2D eigenvalue weighted by Gasteiger charge is -2.07. The molecule has 1 N–H and O–H groups in total. The second-order valence-corrected chi connectivity index (χ2v) is 5.69. The highest BCUT2D eigenvalue weighted by Gasteiger charge is 2.02. The van der Waals surface area contributed by atoms with Crippen LogP contribution >= 0.6 is 0 Å². The fourth-order valence-corrected chi connectivity index (χ4v) is 2.14. The number of hydrogen-bond donors (Lipinski definition) is 1. The molecule has 0 unspecified atom stereocenters. The summed E-state index contributed by atoms with van der Waals surface area (Å²) in [6.07, 6.45) is 6.27. The predicted octanol–water partition coefficient (Wildman–Crippen LogP) is 4.39. The fourth-order valence-electron chi connectivity index (χ4n) is 2.14. The smallest absolute Gasteiger partial charge is 0.129 e. The highest BCUT2D eigenvalue weighted by molar-refractivity contribution is 5.32. The van der Waals surface area contributed by atoms with E-state index in [4.69, 9.17) is 5.26 Å². The molecule has 0 heterocycles. The molecule has 0 bridgehead atoms. The zero-order valence-electron chi connectivity index (χ0n) is 12.6. The number of rotatable bonds is 9. The van der Waals surface area contributed by atoms with E-state index in [2.05, 4.69) is 19.2 Å². The van der Waals surface area contributed by atoms with Gasteiger partial charge in [-0.3, -0.25) is 0 Å². The maximum atomic E-state index is 13.6. The van der Waals surface area contributed by atoms with Crippen molar-refractivity contribution in [1.82, 2.24) is 5.32 Å². The van der Waals surface area contributed by atoms with Crippen LogP contribution in [0.1, 0.15) is 57.1 Å². The molecular formula is C17H25FN2. The molecular weight excluding hydrogens is 251 g/mol. The van der Waals surface area contributed by atoms with Gasteiger partial charge < -0.3 is 5.32 Å². The summed E-state index contributed by atoms with van der Waals surface area (Å²) in [7, 11) is 0. The Morgan fingerprint density at radius 2 is 1.95 bits per heavy atom. The summed E-state index contributed by atoms with van der Waals surface area (Å²) >= 11 is 0. The number of hydrogen-bond acceptors (Lipinski definition) is 2. The number of nitrogens with one attached hydrogen (secondary N) is 1. The Kier molecular flexibility index (Phi) is 7.91. The van der Waals surface area contributed by atoms with Gasteiger partial charge in [-0.1, -0.05) is 45.6 Å². The van der Waals surface area contributed by atoms with Gasteiger partial charge in [-0.25, -0.2) is 4.39 Å². The predicted molar refractivity (Wildman–Crippen MR) is 80.7 cm³/mol. The van der Waals surface area contributed by atoms with E-state index in [1.165, 1.54) is 31.7 Å². The molecule has 0 spiro atoms. The molecule has 0 saturated heterocycles. The Hall–Kier alpha value is -1.40. The number of nitrogens with zero attached hydrogens (tertiary/aromatic N) is 1. The SMILES string of the molecule is CC(C)CCCCCCNCc1ccc(C#N)cc1F. The van der Waals surface area contributed by atoms with Gasteiger partial charge >= 0.3 is 0 Å². The van der Waals surface area contributed by atoms with Crippen LogP contribution in [0.3, 0.4) is 0 Å². The van der Waals surface area contributed by atoms with Crippen molar-refractivity contribution < 1.29 is 4.39 Å². The van der Waals surface area contributed by atoms with Gasteiger partial charge in [-0.15, -0.1) is 0 Å². The number of benzene rings is 1. The van der Waals surface area contributed by atoms with Crippen LogP contribution in [0, 0.1) is 23.1 Å². The summed E-state index contributed by atoms with van der Waals surface area (Å²) < 4.78 is 13.6. The number of unbranched alkanes of at least 4 members (excludes halogenated alkanes) is 3. The highest BCUT2D eigenvalue weighted by Crippen LogP contribution is 2.11. The van der Waals surface area contributed by atoms with E-state index in [9.17, 15) is 4.39 Å². The van der Waals surface area contributed by atoms with Crippen LogP contribution in [0.4, 0.5) is 4.39 Å². The van der Waals surface area contributed by atoms with Gasteiger partial charge in [0.05, 0.1) is 11.6 Å². The van der Waals surface area contributed by atoms with Crippen molar-refractivity contribution in [1.29, 1.82) is 5.26 Å². The zero-order valence-corrected chi connectivity index (χ0v) is 12.6. The molecule has 1 aromatic carbocycles. The Morgan fingerprint density at radius 1 is 1.20 bits per heavy atom. The Morgan fingerprint density at radius 3 is 2.60 bits per heavy atom. The summed E-state index contributed by atoms with van der Waals surface area (Å²) in [5.74, 6) is 0.501. The minimum atomic E-state index is -0.298. The molecule has 0 fully saturated rings. The van der Waals surface area contributed by atoms with Gasteiger partial charge in [-0.2, -0.15) is 5.26 Å². The maximum Gasteiger partial charge on any atom is 0.129 e. The topological polar surface area (TPSA) is 35.8 Å². The van der Waals surface area contributed by atoms with Gasteiger partial charge in [0.15, 0.2) is 0 Å². The Labute approximate surface area is 122 Å². The third-order valence-electron chi connectivity index (χ3n) is 3.38. The van der Waals surface area contributed by atoms with Crippen LogP contribution in [-0.4, -0.2) is 6.54 Å². The van der Waals surface area contributed by atoms with E-state index in [0.717, 1.165) is 18.9 Å². The Bertz CT molecular complexity index is 435. The van der Waals surface area contributed by atoms with Crippen molar-refractivity contribution in [2.45, 2.75) is 52.5 Å². The quantitative estimate of drug-likeness (QED) is 0.679. The largest absolute Gasteiger partial charge is 0.313 e. The molecule has 0 aliphatic rings. The van der Waals surface area contributed by atoms with E-state index in [-0.39, 0.29) is 5.82 Å². The van der Waals surface area contributed by atoms with Crippen LogP contribution in [0.25, 0.3) is 0 Å². The van der Waals surface area contributed by atoms with Crippen molar-refractivity contribution in [3.05, 3.63) is 35.1 Å². The molecule has 0 amide bonds. The van der Waals surface area contributed by atoms with E-state index in [0.29, 0.717) is 17.7 Å². The highest BCUT2D eigenvalue weighted by atomic mass is 19.1. The number of halogens is 1. The van der Waals surface area contributed by atoms with E-state index < -0.39 is 0 Å². The van der Waals surface area contributed by atoms with E-state index in [1.54, 1.807) is 12.1 Å². The van der Waals surface area contributed by atoms with Crippen molar-refractivity contribution in [3.8, 4) is 6.07 Å². The molecule has 110 valence electrons. The van der Waals surface area contributed by atoms with Crippen LogP contribution in [0.5, 0.6) is 0 Å². The first-order chi connectivity index (χ1) is 9.63. The molecule has 0 aliphatic heterocycles. The average Bonchev–Trinajstić information content (AvgIpc) is 2.42. The molecule has 0 aromatic heterocycles. The van der Waals surface area contributed by atoms with Crippen molar-refractivity contribution in [3.63, 3.8) is 0 Å². The van der Waals surface area contributed by atoms with Crippen LogP contribution in [0.15, 0.2) is 18.2 Å². The average molecular weight is 276 g/mol. The molecule has 0 aliphatic carbocycles. The van der Waals surface area contributed by atoms with Crippen LogP contribution in [-0.2, 0) is 6.54 Å². The van der Waals surface area contributed by atoms with Gasteiger partial charge in [0.2, 0.25) is 0 Å². The lowest BCUT2D eigenvalue weighted by atomic mass is 10.0. The normalized spacial score (nSPS) is 10.8. The summed E-state index contributed by atoms with van der Waals surface area (Å²) in [4.78, 5) is 0. The number of nitriles is 1. The fraction of sp³-hybridized carbons (Fsp3) is 0.588. The molecule has 0 saturated carbocycles. The van der Waals surface area contributed by atoms with E-state index in [1.807, 2.05) is 6.07 Å². The van der Waals surface area contributed by atoms with Crippen LogP contribution in [0.2, 0.25) is 0 Å². The summed E-state index contributed by atoms with van der Waals surface area (Å²) in [6, 6.07) is 6.58. The third-order valence-corrected chi connectivity index (χ3v) is 3.38. The van der Waals surface area contributed by atoms with Gasteiger partial charge in [-0.05, 0) is 31.0 Å². The minimum Gasteiger partial charge on any atom is -0.313 e. The molecule has 2 nitrogen and oxygen atoms in total. The molecule has 20 heavy (non-hydrogen) atoms. The monoisotopic (exact) mass is 276 g/mol. The maximum absolute atomic E-state index is 13.6. The first-order valence-corrected chi connectivity index (χ1v) is 7.52. The zero-order chi connectivity index (χ0) is 14.8. The van der Waals surface area contributed by atoms with E-state index >= 15 is 0 Å². The summed E-state index contributed by atoms with van der Waals surface area (Å²) in [5, 5.41) is 11.9. The Balaban J connectivity index is 2.11. The standard InChI is InChI=1S/C17H25FN2/c1-14(2)7-5-3-4-6-10-20-13-16-9-8-15(12-19)11-17(16)18/h8-9,11,14,20H,3-7,10,13H2,1-2H3. The van der Waals surface area contributed by atoms with Gasteiger partial charge in [0.25, 0.3) is 0 Å². The first kappa shape index (κ1) is 16.7. The van der Waals surface area contributed by atoms with Crippen molar-refractivity contribution >= 4 is 0 Å².